The molecule has 96 valence electrons. The molecule has 0 aromatic heterocycles. The lowest BCUT2D eigenvalue weighted by Crippen LogP contribution is -2.18. The smallest absolute Gasteiger partial charge is 0.377 e. The van der Waals surface area contributed by atoms with Crippen LogP contribution in [-0.4, -0.2) is 21.2 Å². The third-order valence-corrected chi connectivity index (χ3v) is 2.30. The third kappa shape index (κ3) is 3.61. The second-order valence-corrected chi connectivity index (χ2v) is 3.76. The second kappa shape index (κ2) is 5.37. The van der Waals surface area contributed by atoms with Crippen molar-refractivity contribution in [2.75, 3.05) is 26.1 Å². The molecule has 0 aliphatic carbocycles. The van der Waals surface area contributed by atoms with E-state index in [4.69, 9.17) is 0 Å². The first-order chi connectivity index (χ1) is 7.86. The molecule has 0 heterocycles. The Balaban J connectivity index is 3.10. The molecule has 0 amide bonds. The molecule has 0 saturated heterocycles. The Labute approximate surface area is 98.1 Å². The van der Waals surface area contributed by atoms with Crippen molar-refractivity contribution in [3.8, 4) is 0 Å². The Morgan fingerprint density at radius 1 is 1.29 bits per heavy atom. The van der Waals surface area contributed by atoms with Crippen LogP contribution in [0.2, 0.25) is 0 Å². The lowest BCUT2D eigenvalue weighted by molar-refractivity contribution is -0.137. The molecule has 0 saturated carbocycles. The number of hydroxylamine groups is 1. The van der Waals surface area contributed by atoms with E-state index in [1.165, 1.54) is 13.2 Å². The van der Waals surface area contributed by atoms with E-state index >= 15 is 0 Å². The summed E-state index contributed by atoms with van der Waals surface area (Å²) in [6.45, 7) is 0.216. The summed E-state index contributed by atoms with van der Waals surface area (Å²) in [5.74, 6) is 0. The zero-order valence-electron chi connectivity index (χ0n) is 9.93. The van der Waals surface area contributed by atoms with Crippen molar-refractivity contribution in [2.24, 2.45) is 0 Å². The zero-order chi connectivity index (χ0) is 13.1. The van der Waals surface area contributed by atoms with Crippen LogP contribution < -0.4 is 10.4 Å². The number of hydrogen-bond donors (Lipinski definition) is 1. The maximum atomic E-state index is 12.6. The van der Waals surface area contributed by atoms with Crippen LogP contribution >= 0.6 is 0 Å². The van der Waals surface area contributed by atoms with Gasteiger partial charge in [0.15, 0.2) is 0 Å². The van der Waals surface area contributed by atoms with Gasteiger partial charge in [-0.1, -0.05) is 0 Å². The average molecular weight is 248 g/mol. The van der Waals surface area contributed by atoms with Gasteiger partial charge in [-0.25, -0.2) is 0 Å². The monoisotopic (exact) mass is 248 g/mol. The van der Waals surface area contributed by atoms with Gasteiger partial charge in [0, 0.05) is 26.3 Å². The number of alkyl halides is 3. The van der Waals surface area contributed by atoms with Gasteiger partial charge in [0.2, 0.25) is 0 Å². The van der Waals surface area contributed by atoms with E-state index in [-0.39, 0.29) is 6.54 Å². The highest BCUT2D eigenvalue weighted by Gasteiger charge is 2.31. The lowest BCUT2D eigenvalue weighted by atomic mass is 10.1. The van der Waals surface area contributed by atoms with Gasteiger partial charge in [-0.3, -0.25) is 0 Å². The molecule has 0 radical (unpaired) electrons. The molecule has 0 atom stereocenters. The number of benzene rings is 1. The van der Waals surface area contributed by atoms with E-state index in [0.29, 0.717) is 5.56 Å². The Kier molecular flexibility index (Phi) is 4.36. The van der Waals surface area contributed by atoms with Crippen LogP contribution in [0.3, 0.4) is 0 Å². The Morgan fingerprint density at radius 2 is 1.94 bits per heavy atom. The van der Waals surface area contributed by atoms with Gasteiger partial charge in [0.25, 0.3) is 0 Å². The van der Waals surface area contributed by atoms with E-state index in [2.05, 4.69) is 10.3 Å². The molecular weight excluding hydrogens is 233 g/mol. The van der Waals surface area contributed by atoms with Gasteiger partial charge in [-0.2, -0.15) is 18.7 Å². The SMILES string of the molecule is CONCc1cc(C(F)(F)F)ccc1N(C)C. The van der Waals surface area contributed by atoms with Crippen molar-refractivity contribution in [1.29, 1.82) is 0 Å². The molecule has 6 heteroatoms. The minimum absolute atomic E-state index is 0.216. The molecule has 1 rings (SSSR count). The average Bonchev–Trinajstić information content (AvgIpc) is 2.24. The molecular formula is C11H15F3N2O. The second-order valence-electron chi connectivity index (χ2n) is 3.76. The fourth-order valence-corrected chi connectivity index (χ4v) is 1.49. The van der Waals surface area contributed by atoms with E-state index in [1.54, 1.807) is 19.0 Å². The van der Waals surface area contributed by atoms with Gasteiger partial charge in [-0.05, 0) is 23.8 Å². The fourth-order valence-electron chi connectivity index (χ4n) is 1.49. The summed E-state index contributed by atoms with van der Waals surface area (Å²) in [4.78, 5) is 6.41. The summed E-state index contributed by atoms with van der Waals surface area (Å²) >= 11 is 0. The number of rotatable bonds is 4. The van der Waals surface area contributed by atoms with E-state index < -0.39 is 11.7 Å². The highest BCUT2D eigenvalue weighted by molar-refractivity contribution is 5.54. The topological polar surface area (TPSA) is 24.5 Å². The van der Waals surface area contributed by atoms with Crippen molar-refractivity contribution >= 4 is 5.69 Å². The Hall–Kier alpha value is -1.27. The maximum absolute atomic E-state index is 12.6. The highest BCUT2D eigenvalue weighted by Crippen LogP contribution is 2.32. The minimum atomic E-state index is -4.33. The fraction of sp³-hybridized carbons (Fsp3) is 0.455. The van der Waals surface area contributed by atoms with E-state index in [9.17, 15) is 13.2 Å². The van der Waals surface area contributed by atoms with Crippen LogP contribution in [0, 0.1) is 0 Å². The van der Waals surface area contributed by atoms with Crippen molar-refractivity contribution in [2.45, 2.75) is 12.7 Å². The van der Waals surface area contributed by atoms with Crippen molar-refractivity contribution in [3.63, 3.8) is 0 Å². The van der Waals surface area contributed by atoms with Crippen LogP contribution in [0.1, 0.15) is 11.1 Å². The standard InChI is InChI=1S/C11H15F3N2O/c1-16(2)10-5-4-9(11(12,13)14)6-8(10)7-15-17-3/h4-6,15H,7H2,1-3H3. The molecule has 0 unspecified atom stereocenters. The minimum Gasteiger partial charge on any atom is -0.377 e. The quantitative estimate of drug-likeness (QED) is 0.828. The van der Waals surface area contributed by atoms with Gasteiger partial charge >= 0.3 is 6.18 Å². The highest BCUT2D eigenvalue weighted by atomic mass is 19.4. The maximum Gasteiger partial charge on any atom is 0.416 e. The normalized spacial score (nSPS) is 11.6. The predicted molar refractivity (Wildman–Crippen MR) is 59.6 cm³/mol. The summed E-state index contributed by atoms with van der Waals surface area (Å²) < 4.78 is 37.7. The summed E-state index contributed by atoms with van der Waals surface area (Å²) in [6.07, 6.45) is -4.33. The van der Waals surface area contributed by atoms with Gasteiger partial charge < -0.3 is 9.74 Å². The van der Waals surface area contributed by atoms with E-state index in [1.807, 2.05) is 0 Å². The summed E-state index contributed by atoms with van der Waals surface area (Å²) in [5, 5.41) is 0. The summed E-state index contributed by atoms with van der Waals surface area (Å²) in [5.41, 5.74) is 3.15. The Bertz CT molecular complexity index is 377. The zero-order valence-corrected chi connectivity index (χ0v) is 9.93. The molecule has 0 spiro atoms. The number of anilines is 1. The lowest BCUT2D eigenvalue weighted by Gasteiger charge is -2.19. The van der Waals surface area contributed by atoms with Gasteiger partial charge in [0.05, 0.1) is 12.7 Å². The number of nitrogens with zero attached hydrogens (tertiary/aromatic N) is 1. The van der Waals surface area contributed by atoms with Crippen LogP contribution in [-0.2, 0) is 17.6 Å². The predicted octanol–water partition coefficient (Wildman–Crippen LogP) is 2.42. The van der Waals surface area contributed by atoms with Crippen LogP contribution in [0.5, 0.6) is 0 Å². The molecule has 1 aromatic carbocycles. The first-order valence-electron chi connectivity index (χ1n) is 4.99. The molecule has 3 nitrogen and oxygen atoms in total. The summed E-state index contributed by atoms with van der Waals surface area (Å²) in [7, 11) is 4.97. The Morgan fingerprint density at radius 3 is 2.41 bits per heavy atom. The first-order valence-corrected chi connectivity index (χ1v) is 4.99. The van der Waals surface area contributed by atoms with Crippen LogP contribution in [0.15, 0.2) is 18.2 Å². The van der Waals surface area contributed by atoms with Gasteiger partial charge in [-0.15, -0.1) is 0 Å². The molecule has 1 aromatic rings. The van der Waals surface area contributed by atoms with Crippen LogP contribution in [0.4, 0.5) is 18.9 Å². The van der Waals surface area contributed by atoms with Crippen molar-refractivity contribution < 1.29 is 18.0 Å². The van der Waals surface area contributed by atoms with Gasteiger partial charge in [0.1, 0.15) is 0 Å². The third-order valence-electron chi connectivity index (χ3n) is 2.30. The number of halogens is 3. The first kappa shape index (κ1) is 13.8. The molecule has 0 bridgehead atoms. The molecule has 0 aliphatic heterocycles. The molecule has 1 N–H and O–H groups in total. The van der Waals surface area contributed by atoms with E-state index in [0.717, 1.165) is 17.8 Å². The summed E-state index contributed by atoms with van der Waals surface area (Å²) in [6, 6.07) is 3.66. The van der Waals surface area contributed by atoms with Crippen molar-refractivity contribution in [3.05, 3.63) is 29.3 Å². The largest absolute Gasteiger partial charge is 0.416 e. The van der Waals surface area contributed by atoms with Crippen molar-refractivity contribution in [1.82, 2.24) is 5.48 Å². The van der Waals surface area contributed by atoms with Crippen LogP contribution in [0.25, 0.3) is 0 Å². The molecule has 0 aliphatic rings. The molecule has 17 heavy (non-hydrogen) atoms. The number of hydrogen-bond acceptors (Lipinski definition) is 3. The molecule has 0 fully saturated rings. The number of nitrogens with one attached hydrogen (secondary N) is 1.